The van der Waals surface area contributed by atoms with Gasteiger partial charge in [-0.1, -0.05) is 23.7 Å². The van der Waals surface area contributed by atoms with E-state index in [2.05, 4.69) is 31.0 Å². The Morgan fingerprint density at radius 1 is 1.33 bits per heavy atom. The molecule has 5 nitrogen and oxygen atoms in total. The number of nitrogens with one attached hydrogen (secondary N) is 2. The Labute approximate surface area is 136 Å². The predicted molar refractivity (Wildman–Crippen MR) is 88.4 cm³/mol. The molecule has 0 unspecified atom stereocenters. The monoisotopic (exact) mass is 389 g/mol. The van der Waals surface area contributed by atoms with Gasteiger partial charge in [-0.25, -0.2) is 13.4 Å². The lowest BCUT2D eigenvalue weighted by Crippen LogP contribution is -2.14. The van der Waals surface area contributed by atoms with Gasteiger partial charge in [0, 0.05) is 17.2 Å². The van der Waals surface area contributed by atoms with E-state index in [1.54, 1.807) is 24.3 Å². The quantitative estimate of drug-likeness (QED) is 0.816. The molecule has 2 rings (SSSR count). The van der Waals surface area contributed by atoms with Crippen molar-refractivity contribution in [1.82, 2.24) is 4.98 Å². The zero-order valence-corrected chi connectivity index (χ0v) is 14.3. The number of benzene rings is 1. The van der Waals surface area contributed by atoms with Gasteiger partial charge in [-0.15, -0.1) is 0 Å². The summed E-state index contributed by atoms with van der Waals surface area (Å²) in [5.41, 5.74) is 0.449. The molecule has 2 N–H and O–H groups in total. The average Bonchev–Trinajstić information content (AvgIpc) is 2.43. The molecule has 0 fully saturated rings. The van der Waals surface area contributed by atoms with Crippen LogP contribution >= 0.6 is 27.5 Å². The molecule has 0 aliphatic carbocycles. The molecule has 1 heterocycles. The van der Waals surface area contributed by atoms with Crippen LogP contribution in [-0.4, -0.2) is 19.9 Å². The van der Waals surface area contributed by atoms with E-state index in [0.29, 0.717) is 22.5 Å². The lowest BCUT2D eigenvalue weighted by molar-refractivity contribution is 0.601. The summed E-state index contributed by atoms with van der Waals surface area (Å²) >= 11 is 9.31. The number of aromatic nitrogens is 1. The largest absolute Gasteiger partial charge is 0.369 e. The molecule has 8 heteroatoms. The van der Waals surface area contributed by atoms with Gasteiger partial charge < -0.3 is 5.32 Å². The third-order valence-corrected chi connectivity index (χ3v) is 4.90. The highest BCUT2D eigenvalue weighted by molar-refractivity contribution is 9.10. The standard InChI is InChI=1S/C13H13BrClN3O2S/c1-2-16-13-11(15)7-9(8-17-13)21(19,20)18-12-6-4-3-5-10(12)14/h3-8,18H,2H2,1H3,(H,16,17). The van der Waals surface area contributed by atoms with E-state index in [1.807, 2.05) is 6.92 Å². The van der Waals surface area contributed by atoms with Crippen LogP contribution < -0.4 is 10.0 Å². The summed E-state index contributed by atoms with van der Waals surface area (Å²) in [4.78, 5) is 4.03. The van der Waals surface area contributed by atoms with E-state index in [-0.39, 0.29) is 9.92 Å². The highest BCUT2D eigenvalue weighted by Gasteiger charge is 2.17. The zero-order chi connectivity index (χ0) is 15.5. The molecule has 0 radical (unpaired) electrons. The van der Waals surface area contributed by atoms with Gasteiger partial charge >= 0.3 is 0 Å². The number of anilines is 2. The molecule has 0 saturated heterocycles. The fourth-order valence-electron chi connectivity index (χ4n) is 1.61. The van der Waals surface area contributed by atoms with Gasteiger partial charge in [0.15, 0.2) is 0 Å². The Balaban J connectivity index is 2.32. The van der Waals surface area contributed by atoms with Crippen LogP contribution in [0.25, 0.3) is 0 Å². The fraction of sp³-hybridized carbons (Fsp3) is 0.154. The SMILES string of the molecule is CCNc1ncc(S(=O)(=O)Nc2ccccc2Br)cc1Cl. The lowest BCUT2D eigenvalue weighted by Gasteiger charge is -2.11. The zero-order valence-electron chi connectivity index (χ0n) is 11.1. The topological polar surface area (TPSA) is 71.1 Å². The van der Waals surface area contributed by atoms with Gasteiger partial charge in [0.2, 0.25) is 0 Å². The second kappa shape index (κ2) is 6.64. The first-order chi connectivity index (χ1) is 9.94. The number of para-hydroxylation sites is 1. The van der Waals surface area contributed by atoms with Crippen LogP contribution in [-0.2, 0) is 10.0 Å². The number of rotatable bonds is 5. The Morgan fingerprint density at radius 3 is 2.67 bits per heavy atom. The molecule has 2 aromatic rings. The van der Waals surface area contributed by atoms with Crippen molar-refractivity contribution in [2.24, 2.45) is 0 Å². The van der Waals surface area contributed by atoms with Gasteiger partial charge in [-0.05, 0) is 41.1 Å². The lowest BCUT2D eigenvalue weighted by atomic mass is 10.3. The van der Waals surface area contributed by atoms with Crippen LogP contribution in [0.4, 0.5) is 11.5 Å². The van der Waals surface area contributed by atoms with Gasteiger partial charge in [0.25, 0.3) is 10.0 Å². The van der Waals surface area contributed by atoms with Crippen LogP contribution in [0.5, 0.6) is 0 Å². The van der Waals surface area contributed by atoms with Crippen molar-refractivity contribution in [3.63, 3.8) is 0 Å². The minimum absolute atomic E-state index is 0.00454. The molecule has 0 aliphatic heterocycles. The van der Waals surface area contributed by atoms with Crippen LogP contribution in [0.15, 0.2) is 45.9 Å². The number of hydrogen-bond acceptors (Lipinski definition) is 4. The Hall–Kier alpha value is -1.31. The van der Waals surface area contributed by atoms with Crippen LogP contribution in [0.2, 0.25) is 5.02 Å². The van der Waals surface area contributed by atoms with E-state index < -0.39 is 10.0 Å². The summed E-state index contributed by atoms with van der Waals surface area (Å²) in [6, 6.07) is 8.31. The van der Waals surface area contributed by atoms with E-state index in [9.17, 15) is 8.42 Å². The number of halogens is 2. The van der Waals surface area contributed by atoms with Crippen molar-refractivity contribution in [3.05, 3.63) is 46.0 Å². The molecule has 1 aromatic heterocycles. The molecule has 112 valence electrons. The van der Waals surface area contributed by atoms with E-state index in [0.717, 1.165) is 0 Å². The summed E-state index contributed by atoms with van der Waals surface area (Å²) in [7, 11) is -3.74. The van der Waals surface area contributed by atoms with Crippen molar-refractivity contribution in [3.8, 4) is 0 Å². The first-order valence-corrected chi connectivity index (χ1v) is 8.76. The highest BCUT2D eigenvalue weighted by atomic mass is 79.9. The molecule has 0 saturated carbocycles. The molecule has 0 bridgehead atoms. The van der Waals surface area contributed by atoms with Gasteiger partial charge in [-0.2, -0.15) is 0 Å². The summed E-state index contributed by atoms with van der Waals surface area (Å²) in [5, 5.41) is 3.20. The molecule has 0 amide bonds. The minimum atomic E-state index is -3.74. The van der Waals surface area contributed by atoms with E-state index in [1.165, 1.54) is 12.3 Å². The number of sulfonamides is 1. The number of hydrogen-bond donors (Lipinski definition) is 2. The summed E-state index contributed by atoms with van der Waals surface area (Å²) in [6.45, 7) is 2.55. The molecular formula is C13H13BrClN3O2S. The van der Waals surface area contributed by atoms with Crippen LogP contribution in [0.3, 0.4) is 0 Å². The molecule has 0 spiro atoms. The Morgan fingerprint density at radius 2 is 2.05 bits per heavy atom. The maximum Gasteiger partial charge on any atom is 0.263 e. The summed E-state index contributed by atoms with van der Waals surface area (Å²) < 4.78 is 27.8. The first-order valence-electron chi connectivity index (χ1n) is 6.11. The van der Waals surface area contributed by atoms with Crippen molar-refractivity contribution in [2.45, 2.75) is 11.8 Å². The number of pyridine rings is 1. The van der Waals surface area contributed by atoms with Crippen molar-refractivity contribution in [2.75, 3.05) is 16.6 Å². The third kappa shape index (κ3) is 3.87. The summed E-state index contributed by atoms with van der Waals surface area (Å²) in [6.07, 6.45) is 1.27. The minimum Gasteiger partial charge on any atom is -0.369 e. The number of nitrogens with zero attached hydrogens (tertiary/aromatic N) is 1. The van der Waals surface area contributed by atoms with Gasteiger partial charge in [0.05, 0.1) is 10.7 Å². The van der Waals surface area contributed by atoms with Gasteiger partial charge in [-0.3, -0.25) is 4.72 Å². The van der Waals surface area contributed by atoms with Crippen molar-refractivity contribution in [1.29, 1.82) is 0 Å². The molecular weight excluding hydrogens is 378 g/mol. The molecule has 21 heavy (non-hydrogen) atoms. The molecule has 0 aliphatic rings. The predicted octanol–water partition coefficient (Wildman–Crippen LogP) is 3.73. The second-order valence-corrected chi connectivity index (χ2v) is 7.06. The smallest absolute Gasteiger partial charge is 0.263 e. The van der Waals surface area contributed by atoms with Crippen molar-refractivity contribution >= 4 is 49.1 Å². The second-order valence-electron chi connectivity index (χ2n) is 4.12. The molecule has 1 aromatic carbocycles. The molecule has 0 atom stereocenters. The highest BCUT2D eigenvalue weighted by Crippen LogP contribution is 2.26. The summed E-state index contributed by atoms with van der Waals surface area (Å²) in [5.74, 6) is 0.457. The Bertz CT molecular complexity index is 753. The third-order valence-electron chi connectivity index (χ3n) is 2.59. The van der Waals surface area contributed by atoms with Gasteiger partial charge in [0.1, 0.15) is 10.7 Å². The average molecular weight is 391 g/mol. The normalized spacial score (nSPS) is 11.2. The Kier molecular flexibility index (Phi) is 5.08. The van der Waals surface area contributed by atoms with Crippen LogP contribution in [0, 0.1) is 0 Å². The maximum absolute atomic E-state index is 12.3. The fourth-order valence-corrected chi connectivity index (χ4v) is 3.48. The van der Waals surface area contributed by atoms with Crippen molar-refractivity contribution < 1.29 is 8.42 Å². The van der Waals surface area contributed by atoms with E-state index >= 15 is 0 Å². The first kappa shape index (κ1) is 16.1. The van der Waals surface area contributed by atoms with E-state index in [4.69, 9.17) is 11.6 Å². The maximum atomic E-state index is 12.3. The van der Waals surface area contributed by atoms with Crippen LogP contribution in [0.1, 0.15) is 6.92 Å².